The number of hydrogen-bond donors (Lipinski definition) is 0. The van der Waals surface area contributed by atoms with E-state index in [0.29, 0.717) is 0 Å². The molecule has 0 bridgehead atoms. The van der Waals surface area contributed by atoms with Crippen molar-refractivity contribution in [2.24, 2.45) is 23.7 Å². The number of esters is 1. The first-order valence-corrected chi connectivity index (χ1v) is 4.80. The van der Waals surface area contributed by atoms with Gasteiger partial charge in [0.1, 0.15) is 0 Å². The number of hydrogen-bond acceptors (Lipinski definition) is 2. The third kappa shape index (κ3) is 1.44. The van der Waals surface area contributed by atoms with Crippen LogP contribution < -0.4 is 0 Å². The summed E-state index contributed by atoms with van der Waals surface area (Å²) in [7, 11) is 1.44. The molecule has 0 aromatic rings. The smallest absolute Gasteiger partial charge is 0.309 e. The van der Waals surface area contributed by atoms with E-state index >= 15 is 0 Å². The van der Waals surface area contributed by atoms with Gasteiger partial charge in [0, 0.05) is 5.92 Å². The van der Waals surface area contributed by atoms with Crippen molar-refractivity contribution in [3.8, 4) is 12.3 Å². The minimum atomic E-state index is -0.117. The molecule has 0 N–H and O–H groups in total. The van der Waals surface area contributed by atoms with E-state index in [1.807, 2.05) is 0 Å². The predicted octanol–water partition coefficient (Wildman–Crippen LogP) is 1.45. The lowest BCUT2D eigenvalue weighted by atomic mass is 9.80. The highest BCUT2D eigenvalue weighted by molar-refractivity contribution is 5.73. The van der Waals surface area contributed by atoms with E-state index in [2.05, 4.69) is 5.92 Å². The summed E-state index contributed by atoms with van der Waals surface area (Å²) < 4.78 is 4.75. The lowest BCUT2D eigenvalue weighted by Gasteiger charge is -2.24. The molecule has 70 valence electrons. The van der Waals surface area contributed by atoms with E-state index in [1.54, 1.807) is 0 Å². The quantitative estimate of drug-likeness (QED) is 0.449. The SMILES string of the molecule is C#C[C@@H]1C[C@@H]2C[C@H]2C[C@H]1C(=O)OC. The number of fused-ring (bicyclic) bond motifs is 1. The van der Waals surface area contributed by atoms with E-state index in [4.69, 9.17) is 11.2 Å². The zero-order valence-electron chi connectivity index (χ0n) is 7.82. The summed E-state index contributed by atoms with van der Waals surface area (Å²) in [5.41, 5.74) is 0. The van der Waals surface area contributed by atoms with E-state index in [9.17, 15) is 4.79 Å². The van der Waals surface area contributed by atoms with E-state index in [0.717, 1.165) is 24.7 Å². The molecule has 0 saturated heterocycles. The Balaban J connectivity index is 2.07. The van der Waals surface area contributed by atoms with Gasteiger partial charge in [0.15, 0.2) is 0 Å². The zero-order valence-corrected chi connectivity index (χ0v) is 7.82. The van der Waals surface area contributed by atoms with Crippen LogP contribution in [-0.4, -0.2) is 13.1 Å². The normalized spacial score (nSPS) is 41.5. The van der Waals surface area contributed by atoms with E-state index < -0.39 is 0 Å². The summed E-state index contributed by atoms with van der Waals surface area (Å²) in [6.45, 7) is 0. The second-order valence-corrected chi connectivity index (χ2v) is 4.13. The van der Waals surface area contributed by atoms with Crippen LogP contribution in [-0.2, 0) is 9.53 Å². The Labute approximate surface area is 78.7 Å². The second kappa shape index (κ2) is 3.06. The zero-order chi connectivity index (χ0) is 9.42. The van der Waals surface area contributed by atoms with Crippen LogP contribution >= 0.6 is 0 Å². The van der Waals surface area contributed by atoms with Gasteiger partial charge in [0.2, 0.25) is 0 Å². The molecular formula is C11H14O2. The summed E-state index contributed by atoms with van der Waals surface area (Å²) in [5, 5.41) is 0. The monoisotopic (exact) mass is 178 g/mol. The molecular weight excluding hydrogens is 164 g/mol. The fourth-order valence-electron chi connectivity index (χ4n) is 2.46. The van der Waals surface area contributed by atoms with Crippen molar-refractivity contribution in [3.63, 3.8) is 0 Å². The molecule has 2 aliphatic carbocycles. The topological polar surface area (TPSA) is 26.3 Å². The second-order valence-electron chi connectivity index (χ2n) is 4.13. The molecule has 2 saturated carbocycles. The highest BCUT2D eigenvalue weighted by Gasteiger charge is 2.48. The van der Waals surface area contributed by atoms with Crippen molar-refractivity contribution in [2.45, 2.75) is 19.3 Å². The Bertz CT molecular complexity index is 264. The van der Waals surface area contributed by atoms with Gasteiger partial charge in [0.25, 0.3) is 0 Å². The van der Waals surface area contributed by atoms with Gasteiger partial charge in [-0.25, -0.2) is 0 Å². The third-order valence-corrected chi connectivity index (χ3v) is 3.39. The van der Waals surface area contributed by atoms with Gasteiger partial charge in [-0.15, -0.1) is 12.3 Å². The van der Waals surface area contributed by atoms with Gasteiger partial charge in [-0.1, -0.05) is 0 Å². The molecule has 4 atom stereocenters. The molecule has 2 heteroatoms. The fourth-order valence-corrected chi connectivity index (χ4v) is 2.46. The van der Waals surface area contributed by atoms with E-state index in [-0.39, 0.29) is 17.8 Å². The molecule has 0 aromatic heterocycles. The number of carbonyl (C=O) groups is 1. The first-order chi connectivity index (χ1) is 6.26. The van der Waals surface area contributed by atoms with Crippen LogP contribution in [0.3, 0.4) is 0 Å². The Morgan fingerprint density at radius 3 is 2.69 bits per heavy atom. The molecule has 0 aliphatic heterocycles. The summed E-state index contributed by atoms with van der Waals surface area (Å²) in [6, 6.07) is 0. The number of ether oxygens (including phenoxy) is 1. The molecule has 0 radical (unpaired) electrons. The number of methoxy groups -OCH3 is 1. The Morgan fingerprint density at radius 1 is 1.38 bits per heavy atom. The summed E-state index contributed by atoms with van der Waals surface area (Å²) in [6.07, 6.45) is 8.66. The summed E-state index contributed by atoms with van der Waals surface area (Å²) in [5.74, 6) is 4.27. The standard InChI is InChI=1S/C11H14O2/c1-3-7-4-8-5-9(8)6-10(7)11(12)13-2/h1,7-10H,4-6H2,2H3/t7-,8-,9+,10-/m1/s1. The van der Waals surface area contributed by atoms with Crippen LogP contribution in [0.25, 0.3) is 0 Å². The van der Waals surface area contributed by atoms with Crippen molar-refractivity contribution in [2.75, 3.05) is 7.11 Å². The minimum Gasteiger partial charge on any atom is -0.469 e. The highest BCUT2D eigenvalue weighted by atomic mass is 16.5. The lowest BCUT2D eigenvalue weighted by Crippen LogP contribution is -2.28. The van der Waals surface area contributed by atoms with Gasteiger partial charge < -0.3 is 4.74 Å². The van der Waals surface area contributed by atoms with Crippen LogP contribution in [0.4, 0.5) is 0 Å². The van der Waals surface area contributed by atoms with Gasteiger partial charge in [-0.3, -0.25) is 4.79 Å². The lowest BCUT2D eigenvalue weighted by molar-refractivity contribution is -0.147. The molecule has 0 spiro atoms. The predicted molar refractivity (Wildman–Crippen MR) is 48.7 cm³/mol. The number of rotatable bonds is 1. The van der Waals surface area contributed by atoms with Gasteiger partial charge in [0.05, 0.1) is 13.0 Å². The largest absolute Gasteiger partial charge is 0.469 e. The first-order valence-electron chi connectivity index (χ1n) is 4.80. The van der Waals surface area contributed by atoms with Gasteiger partial charge in [-0.2, -0.15) is 0 Å². The van der Waals surface area contributed by atoms with Gasteiger partial charge in [-0.05, 0) is 31.1 Å². The van der Waals surface area contributed by atoms with Gasteiger partial charge >= 0.3 is 5.97 Å². The molecule has 2 aliphatic rings. The van der Waals surface area contributed by atoms with E-state index in [1.165, 1.54) is 13.5 Å². The molecule has 0 heterocycles. The molecule has 2 nitrogen and oxygen atoms in total. The number of carbonyl (C=O) groups excluding carboxylic acids is 1. The molecule has 2 rings (SSSR count). The van der Waals surface area contributed by atoms with Crippen molar-refractivity contribution in [1.82, 2.24) is 0 Å². The Hall–Kier alpha value is -0.970. The maximum Gasteiger partial charge on any atom is 0.309 e. The maximum atomic E-state index is 11.4. The summed E-state index contributed by atoms with van der Waals surface area (Å²) >= 11 is 0. The molecule has 2 fully saturated rings. The third-order valence-electron chi connectivity index (χ3n) is 3.39. The van der Waals surface area contributed by atoms with Crippen molar-refractivity contribution in [1.29, 1.82) is 0 Å². The summed E-state index contributed by atoms with van der Waals surface area (Å²) in [4.78, 5) is 11.4. The molecule has 0 amide bonds. The van der Waals surface area contributed by atoms with Crippen LogP contribution in [0.15, 0.2) is 0 Å². The Morgan fingerprint density at radius 2 is 2.08 bits per heavy atom. The highest BCUT2D eigenvalue weighted by Crippen LogP contribution is 2.53. The van der Waals surface area contributed by atoms with Crippen molar-refractivity contribution >= 4 is 5.97 Å². The Kier molecular flexibility index (Phi) is 2.03. The fraction of sp³-hybridized carbons (Fsp3) is 0.727. The average Bonchev–Trinajstić information content (AvgIpc) is 2.92. The molecule has 13 heavy (non-hydrogen) atoms. The van der Waals surface area contributed by atoms with Crippen LogP contribution in [0, 0.1) is 36.0 Å². The minimum absolute atomic E-state index is 0.0289. The molecule has 0 unspecified atom stereocenters. The molecule has 0 aromatic carbocycles. The van der Waals surface area contributed by atoms with Crippen molar-refractivity contribution in [3.05, 3.63) is 0 Å². The van der Waals surface area contributed by atoms with Crippen LogP contribution in [0.2, 0.25) is 0 Å². The van der Waals surface area contributed by atoms with Crippen molar-refractivity contribution < 1.29 is 9.53 Å². The average molecular weight is 178 g/mol. The maximum absolute atomic E-state index is 11.4. The van der Waals surface area contributed by atoms with Crippen LogP contribution in [0.5, 0.6) is 0 Å². The van der Waals surface area contributed by atoms with Crippen LogP contribution in [0.1, 0.15) is 19.3 Å². The first kappa shape index (κ1) is 8.62. The number of terminal acetylenes is 1.